The molecule has 3 atom stereocenters. The Balaban J connectivity index is 0.000000980. The Morgan fingerprint density at radius 1 is 1.21 bits per heavy atom. The van der Waals surface area contributed by atoms with Crippen molar-refractivity contribution in [1.82, 2.24) is 5.32 Å². The smallest absolute Gasteiger partial charge is 0.320 e. The van der Waals surface area contributed by atoms with Crippen LogP contribution in [0.4, 0.5) is 0 Å². The van der Waals surface area contributed by atoms with E-state index < -0.39 is 5.97 Å². The Morgan fingerprint density at radius 2 is 1.86 bits per heavy atom. The summed E-state index contributed by atoms with van der Waals surface area (Å²) in [7, 11) is 0. The third-order valence-corrected chi connectivity index (χ3v) is 3.53. The van der Waals surface area contributed by atoms with Crippen molar-refractivity contribution >= 4 is 18.4 Å². The summed E-state index contributed by atoms with van der Waals surface area (Å²) in [6.07, 6.45) is 6.02. The third-order valence-electron chi connectivity index (χ3n) is 3.53. The van der Waals surface area contributed by atoms with E-state index in [2.05, 4.69) is 5.32 Å². The largest absolute Gasteiger partial charge is 0.480 e. The molecule has 3 nitrogen and oxygen atoms in total. The van der Waals surface area contributed by atoms with Crippen LogP contribution in [-0.4, -0.2) is 23.7 Å². The van der Waals surface area contributed by atoms with Gasteiger partial charge in [0.1, 0.15) is 6.04 Å². The highest BCUT2D eigenvalue weighted by atomic mass is 35.5. The molecule has 14 heavy (non-hydrogen) atoms. The normalized spacial score (nSPS) is 36.7. The average molecular weight is 220 g/mol. The number of nitrogens with one attached hydrogen (secondary N) is 1. The highest BCUT2D eigenvalue weighted by molar-refractivity contribution is 5.85. The van der Waals surface area contributed by atoms with E-state index in [1.807, 2.05) is 0 Å². The van der Waals surface area contributed by atoms with Crippen LogP contribution in [0.5, 0.6) is 0 Å². The number of halogens is 1. The van der Waals surface area contributed by atoms with Crippen LogP contribution in [0.2, 0.25) is 0 Å². The minimum absolute atomic E-state index is 0. The van der Waals surface area contributed by atoms with E-state index in [4.69, 9.17) is 5.11 Å². The van der Waals surface area contributed by atoms with Crippen molar-refractivity contribution in [3.8, 4) is 0 Å². The second-order valence-electron chi connectivity index (χ2n) is 4.34. The number of rotatable bonds is 1. The molecule has 1 saturated carbocycles. The molecule has 0 aromatic heterocycles. The molecule has 0 radical (unpaired) electrons. The predicted molar refractivity (Wildman–Crippen MR) is 56.7 cm³/mol. The lowest BCUT2D eigenvalue weighted by molar-refractivity contribution is -0.141. The average Bonchev–Trinajstić information content (AvgIpc) is 2.17. The van der Waals surface area contributed by atoms with Crippen LogP contribution in [0.25, 0.3) is 0 Å². The van der Waals surface area contributed by atoms with Gasteiger partial charge in [-0.1, -0.05) is 19.3 Å². The van der Waals surface area contributed by atoms with Gasteiger partial charge in [-0.05, 0) is 31.2 Å². The fourth-order valence-corrected chi connectivity index (χ4v) is 2.73. The molecule has 0 aromatic carbocycles. The zero-order valence-corrected chi connectivity index (χ0v) is 9.05. The van der Waals surface area contributed by atoms with Gasteiger partial charge in [-0.2, -0.15) is 0 Å². The van der Waals surface area contributed by atoms with Crippen LogP contribution in [-0.2, 0) is 4.79 Å². The summed E-state index contributed by atoms with van der Waals surface area (Å²) >= 11 is 0. The number of fused-ring (bicyclic) bond motifs is 1. The first-order valence-electron chi connectivity index (χ1n) is 5.23. The molecule has 82 valence electrons. The van der Waals surface area contributed by atoms with Crippen LogP contribution in [0.3, 0.4) is 0 Å². The maximum Gasteiger partial charge on any atom is 0.320 e. The fraction of sp³-hybridized carbons (Fsp3) is 0.900. The topological polar surface area (TPSA) is 49.3 Å². The van der Waals surface area contributed by atoms with Crippen molar-refractivity contribution in [2.75, 3.05) is 6.54 Å². The van der Waals surface area contributed by atoms with E-state index in [1.165, 1.54) is 25.7 Å². The van der Waals surface area contributed by atoms with Crippen molar-refractivity contribution in [2.45, 2.75) is 38.1 Å². The van der Waals surface area contributed by atoms with Gasteiger partial charge in [-0.3, -0.25) is 4.79 Å². The molecule has 0 aromatic rings. The summed E-state index contributed by atoms with van der Waals surface area (Å²) in [5, 5.41) is 12.0. The zero-order valence-electron chi connectivity index (χ0n) is 8.24. The minimum atomic E-state index is -0.677. The number of piperidine rings is 1. The molecule has 0 bridgehead atoms. The Bertz CT molecular complexity index is 210. The number of hydrogen-bond donors (Lipinski definition) is 2. The Morgan fingerprint density at radius 3 is 2.50 bits per heavy atom. The summed E-state index contributed by atoms with van der Waals surface area (Å²) in [6.45, 7) is 0.918. The highest BCUT2D eigenvalue weighted by Crippen LogP contribution is 2.35. The van der Waals surface area contributed by atoms with Gasteiger partial charge in [-0.25, -0.2) is 0 Å². The van der Waals surface area contributed by atoms with Crippen LogP contribution < -0.4 is 5.32 Å². The summed E-state index contributed by atoms with van der Waals surface area (Å²) in [6, 6.07) is -0.278. The standard InChI is InChI=1S/C10H17NO2.ClH/c12-10(13)9-5-7-3-1-2-4-8(7)6-11-9;/h7-9,11H,1-6H2,(H,12,13);1H/t7-,8+,9-;/m0./s1. The van der Waals surface area contributed by atoms with Crippen molar-refractivity contribution in [1.29, 1.82) is 0 Å². The van der Waals surface area contributed by atoms with Gasteiger partial charge in [0.25, 0.3) is 0 Å². The molecule has 2 N–H and O–H groups in total. The molecule has 2 fully saturated rings. The number of carbonyl (C=O) groups is 1. The van der Waals surface area contributed by atoms with E-state index in [-0.39, 0.29) is 18.4 Å². The number of carboxylic acid groups (broad SMARTS) is 1. The summed E-state index contributed by atoms with van der Waals surface area (Å²) in [4.78, 5) is 10.8. The molecular weight excluding hydrogens is 202 g/mol. The summed E-state index contributed by atoms with van der Waals surface area (Å²) in [5.74, 6) is 0.754. The van der Waals surface area contributed by atoms with Crippen LogP contribution in [0.1, 0.15) is 32.1 Å². The lowest BCUT2D eigenvalue weighted by Gasteiger charge is -2.38. The lowest BCUT2D eigenvalue weighted by atomic mass is 9.74. The van der Waals surface area contributed by atoms with E-state index in [9.17, 15) is 4.79 Å². The highest BCUT2D eigenvalue weighted by Gasteiger charge is 2.34. The zero-order chi connectivity index (χ0) is 9.26. The molecule has 1 saturated heterocycles. The van der Waals surface area contributed by atoms with Crippen molar-refractivity contribution < 1.29 is 9.90 Å². The minimum Gasteiger partial charge on any atom is -0.480 e. The molecule has 2 aliphatic rings. The number of hydrogen-bond acceptors (Lipinski definition) is 2. The first-order valence-corrected chi connectivity index (χ1v) is 5.23. The van der Waals surface area contributed by atoms with E-state index in [1.54, 1.807) is 0 Å². The van der Waals surface area contributed by atoms with Crippen LogP contribution in [0.15, 0.2) is 0 Å². The van der Waals surface area contributed by atoms with E-state index in [0.717, 1.165) is 18.9 Å². The van der Waals surface area contributed by atoms with Crippen molar-refractivity contribution in [3.63, 3.8) is 0 Å². The fourth-order valence-electron chi connectivity index (χ4n) is 2.73. The van der Waals surface area contributed by atoms with E-state index >= 15 is 0 Å². The van der Waals surface area contributed by atoms with Gasteiger partial charge in [-0.15, -0.1) is 12.4 Å². The lowest BCUT2D eigenvalue weighted by Crippen LogP contribution is -2.48. The van der Waals surface area contributed by atoms with Gasteiger partial charge in [0.2, 0.25) is 0 Å². The molecule has 0 unspecified atom stereocenters. The maximum atomic E-state index is 10.8. The van der Waals surface area contributed by atoms with E-state index in [0.29, 0.717) is 5.92 Å². The maximum absolute atomic E-state index is 10.8. The molecular formula is C10H18ClNO2. The molecule has 0 amide bonds. The van der Waals surface area contributed by atoms with Gasteiger partial charge in [0, 0.05) is 0 Å². The first kappa shape index (κ1) is 11.8. The molecule has 1 heterocycles. The Hall–Kier alpha value is -0.280. The van der Waals surface area contributed by atoms with Crippen LogP contribution >= 0.6 is 12.4 Å². The molecule has 0 spiro atoms. The van der Waals surface area contributed by atoms with Gasteiger partial charge < -0.3 is 10.4 Å². The monoisotopic (exact) mass is 219 g/mol. The van der Waals surface area contributed by atoms with Crippen molar-refractivity contribution in [2.24, 2.45) is 11.8 Å². The SMILES string of the molecule is Cl.O=C(O)[C@@H]1C[C@@H]2CCCC[C@@H]2CN1. The van der Waals surface area contributed by atoms with Gasteiger partial charge in [0.15, 0.2) is 0 Å². The molecule has 2 rings (SSSR count). The molecule has 1 aliphatic heterocycles. The van der Waals surface area contributed by atoms with Gasteiger partial charge >= 0.3 is 5.97 Å². The molecule has 4 heteroatoms. The molecule has 1 aliphatic carbocycles. The number of carboxylic acids is 1. The first-order chi connectivity index (χ1) is 6.27. The summed E-state index contributed by atoms with van der Waals surface area (Å²) in [5.41, 5.74) is 0. The number of aliphatic carboxylic acids is 1. The predicted octanol–water partition coefficient (Wildman–Crippen LogP) is 1.66. The second kappa shape index (κ2) is 4.99. The van der Waals surface area contributed by atoms with Crippen molar-refractivity contribution in [3.05, 3.63) is 0 Å². The quantitative estimate of drug-likeness (QED) is 0.705. The van der Waals surface area contributed by atoms with Gasteiger partial charge in [0.05, 0.1) is 0 Å². The second-order valence-corrected chi connectivity index (χ2v) is 4.34. The summed E-state index contributed by atoms with van der Waals surface area (Å²) < 4.78 is 0. The Kier molecular flexibility index (Phi) is 4.20. The van der Waals surface area contributed by atoms with Crippen LogP contribution in [0, 0.1) is 11.8 Å². The third kappa shape index (κ3) is 2.39. The Labute approximate surface area is 90.7 Å².